The van der Waals surface area contributed by atoms with E-state index in [0.717, 1.165) is 9.13 Å². The summed E-state index contributed by atoms with van der Waals surface area (Å²) in [6.07, 6.45) is -2.79. The molecule has 1 fully saturated rings. The Hall–Kier alpha value is -1.86. The van der Waals surface area contributed by atoms with Crippen molar-refractivity contribution in [2.45, 2.75) is 37.2 Å². The van der Waals surface area contributed by atoms with Gasteiger partial charge in [0.15, 0.2) is 23.2 Å². The standard InChI is InChI=1S/C18H19IN5O4/c1-9(25)15-13(26)14(27)18(28-15)24-8-23-12-16(21-7-22-17(12)24)20-6-10-3-2-4-11(19)5-10/h2-5,7-9,13-15,18,25-27H,1,6H2,(H,20,21,22)/t9-,13+,14-,15-,18-/m1/s1. The zero-order chi connectivity index (χ0) is 19.8. The second kappa shape index (κ2) is 7.87. The van der Waals surface area contributed by atoms with Crippen LogP contribution >= 0.6 is 22.6 Å². The van der Waals surface area contributed by atoms with Crippen LogP contribution in [-0.2, 0) is 11.3 Å². The van der Waals surface area contributed by atoms with Gasteiger partial charge < -0.3 is 25.4 Å². The van der Waals surface area contributed by atoms with Gasteiger partial charge in [-0.2, -0.15) is 0 Å². The summed E-state index contributed by atoms with van der Waals surface area (Å²) in [5.74, 6) is 0.546. The molecule has 5 atom stereocenters. The molecule has 10 heteroatoms. The van der Waals surface area contributed by atoms with Crippen LogP contribution in [0.25, 0.3) is 11.2 Å². The van der Waals surface area contributed by atoms with Crippen molar-refractivity contribution in [3.05, 3.63) is 53.0 Å². The van der Waals surface area contributed by atoms with E-state index in [4.69, 9.17) is 4.74 Å². The second-order valence-electron chi connectivity index (χ2n) is 6.57. The predicted molar refractivity (Wildman–Crippen MR) is 109 cm³/mol. The Morgan fingerprint density at radius 2 is 2.07 bits per heavy atom. The van der Waals surface area contributed by atoms with Gasteiger partial charge >= 0.3 is 0 Å². The molecule has 1 aliphatic heterocycles. The second-order valence-corrected chi connectivity index (χ2v) is 7.82. The molecule has 1 saturated heterocycles. The van der Waals surface area contributed by atoms with Crippen molar-refractivity contribution in [3.8, 4) is 0 Å². The van der Waals surface area contributed by atoms with Gasteiger partial charge in [-0.1, -0.05) is 12.1 Å². The monoisotopic (exact) mass is 496 g/mol. The summed E-state index contributed by atoms with van der Waals surface area (Å²) in [5.41, 5.74) is 2.05. The van der Waals surface area contributed by atoms with Gasteiger partial charge in [-0.25, -0.2) is 15.0 Å². The van der Waals surface area contributed by atoms with E-state index in [1.807, 2.05) is 18.2 Å². The first-order valence-electron chi connectivity index (χ1n) is 8.64. The summed E-state index contributed by atoms with van der Waals surface area (Å²) in [6, 6.07) is 8.09. The molecule has 0 aliphatic carbocycles. The number of rotatable bonds is 5. The third-order valence-corrected chi connectivity index (χ3v) is 5.31. The average molecular weight is 496 g/mol. The number of aliphatic hydroxyl groups is 3. The molecule has 2 aromatic heterocycles. The molecule has 9 nitrogen and oxygen atoms in total. The summed E-state index contributed by atoms with van der Waals surface area (Å²) in [7, 11) is 0. The normalized spacial score (nSPS) is 25.9. The van der Waals surface area contributed by atoms with Crippen LogP contribution in [0, 0.1) is 10.5 Å². The van der Waals surface area contributed by atoms with Crippen LogP contribution in [-0.4, -0.2) is 59.3 Å². The maximum atomic E-state index is 10.3. The fraction of sp³-hybridized carbons (Fsp3) is 0.333. The Kier molecular flexibility index (Phi) is 5.47. The number of ether oxygens (including phenoxy) is 1. The number of benzene rings is 1. The fourth-order valence-corrected chi connectivity index (χ4v) is 3.84. The number of hydrogen-bond acceptors (Lipinski definition) is 8. The summed E-state index contributed by atoms with van der Waals surface area (Å²) in [6.45, 7) is 4.02. The molecular formula is C18H19IN5O4. The molecule has 3 aromatic rings. The van der Waals surface area contributed by atoms with Gasteiger partial charge in [-0.3, -0.25) is 4.57 Å². The smallest absolute Gasteiger partial charge is 0.167 e. The summed E-state index contributed by atoms with van der Waals surface area (Å²) < 4.78 is 8.27. The summed E-state index contributed by atoms with van der Waals surface area (Å²) in [5, 5.41) is 33.3. The van der Waals surface area contributed by atoms with E-state index in [1.165, 1.54) is 17.2 Å². The lowest BCUT2D eigenvalue weighted by atomic mass is 10.1. The first kappa shape index (κ1) is 19.5. The van der Waals surface area contributed by atoms with Gasteiger partial charge in [0.2, 0.25) is 0 Å². The molecule has 1 aromatic carbocycles. The van der Waals surface area contributed by atoms with Gasteiger partial charge in [0, 0.05) is 10.1 Å². The lowest BCUT2D eigenvalue weighted by Crippen LogP contribution is -2.37. The zero-order valence-corrected chi connectivity index (χ0v) is 16.8. The highest BCUT2D eigenvalue weighted by atomic mass is 127. The lowest BCUT2D eigenvalue weighted by Gasteiger charge is -2.17. The third-order valence-electron chi connectivity index (χ3n) is 4.64. The summed E-state index contributed by atoms with van der Waals surface area (Å²) in [4.78, 5) is 12.8. The fourth-order valence-electron chi connectivity index (χ4n) is 3.23. The highest BCUT2D eigenvalue weighted by Crippen LogP contribution is 2.33. The first-order valence-corrected chi connectivity index (χ1v) is 9.72. The van der Waals surface area contributed by atoms with Gasteiger partial charge in [0.1, 0.15) is 24.6 Å². The number of halogens is 1. The van der Waals surface area contributed by atoms with Crippen molar-refractivity contribution in [2.24, 2.45) is 0 Å². The number of aliphatic hydroxyl groups excluding tert-OH is 3. The Morgan fingerprint density at radius 3 is 2.79 bits per heavy atom. The van der Waals surface area contributed by atoms with Crippen LogP contribution in [0.15, 0.2) is 36.9 Å². The largest absolute Gasteiger partial charge is 0.390 e. The number of imidazole rings is 1. The molecular weight excluding hydrogens is 477 g/mol. The number of hydrogen-bond donors (Lipinski definition) is 4. The molecule has 0 amide bonds. The topological polar surface area (TPSA) is 126 Å². The van der Waals surface area contributed by atoms with E-state index in [1.54, 1.807) is 0 Å². The van der Waals surface area contributed by atoms with E-state index in [2.05, 4.69) is 55.8 Å². The van der Waals surface area contributed by atoms with Crippen molar-refractivity contribution in [2.75, 3.05) is 5.32 Å². The van der Waals surface area contributed by atoms with Crippen LogP contribution in [0.2, 0.25) is 0 Å². The number of nitrogens with one attached hydrogen (secondary N) is 1. The molecule has 0 spiro atoms. The number of nitrogens with zero attached hydrogens (tertiary/aromatic N) is 4. The zero-order valence-electron chi connectivity index (χ0n) is 14.7. The molecule has 3 heterocycles. The Morgan fingerprint density at radius 1 is 1.25 bits per heavy atom. The molecule has 0 unspecified atom stereocenters. The Balaban J connectivity index is 1.60. The molecule has 28 heavy (non-hydrogen) atoms. The molecule has 0 saturated carbocycles. The van der Waals surface area contributed by atoms with E-state index >= 15 is 0 Å². The molecule has 147 valence electrons. The van der Waals surface area contributed by atoms with Crippen molar-refractivity contribution in [1.82, 2.24) is 19.5 Å². The minimum atomic E-state index is -1.27. The van der Waals surface area contributed by atoms with Crippen LogP contribution in [0.4, 0.5) is 5.82 Å². The van der Waals surface area contributed by atoms with Gasteiger partial charge in [0.05, 0.1) is 12.4 Å². The maximum absolute atomic E-state index is 10.3. The highest BCUT2D eigenvalue weighted by molar-refractivity contribution is 14.1. The van der Waals surface area contributed by atoms with E-state index in [9.17, 15) is 15.3 Å². The van der Waals surface area contributed by atoms with E-state index in [-0.39, 0.29) is 0 Å². The number of fused-ring (bicyclic) bond motifs is 1. The first-order chi connectivity index (χ1) is 13.5. The van der Waals surface area contributed by atoms with Crippen LogP contribution in [0.3, 0.4) is 0 Å². The van der Waals surface area contributed by atoms with Crippen molar-refractivity contribution in [3.63, 3.8) is 0 Å². The van der Waals surface area contributed by atoms with Gasteiger partial charge in [-0.15, -0.1) is 0 Å². The Labute approximate surface area is 174 Å². The van der Waals surface area contributed by atoms with Crippen molar-refractivity contribution >= 4 is 39.6 Å². The highest BCUT2D eigenvalue weighted by Gasteiger charge is 2.46. The van der Waals surface area contributed by atoms with E-state index < -0.39 is 30.6 Å². The quantitative estimate of drug-likeness (QED) is 0.384. The third kappa shape index (κ3) is 3.57. The van der Waals surface area contributed by atoms with Gasteiger partial charge in [-0.05, 0) is 47.2 Å². The van der Waals surface area contributed by atoms with E-state index in [0.29, 0.717) is 23.5 Å². The summed E-state index contributed by atoms with van der Waals surface area (Å²) >= 11 is 2.26. The lowest BCUT2D eigenvalue weighted by molar-refractivity contribution is -0.0706. The molecule has 1 radical (unpaired) electrons. The van der Waals surface area contributed by atoms with Crippen molar-refractivity contribution in [1.29, 1.82) is 0 Å². The van der Waals surface area contributed by atoms with Crippen LogP contribution in [0.1, 0.15) is 11.8 Å². The molecule has 1 aliphatic rings. The van der Waals surface area contributed by atoms with Crippen molar-refractivity contribution < 1.29 is 20.1 Å². The molecule has 0 bridgehead atoms. The molecule has 4 N–H and O–H groups in total. The van der Waals surface area contributed by atoms with Crippen LogP contribution in [0.5, 0.6) is 0 Å². The molecule has 4 rings (SSSR count). The predicted octanol–water partition coefficient (Wildman–Crippen LogP) is 0.857. The van der Waals surface area contributed by atoms with Gasteiger partial charge in [0.25, 0.3) is 0 Å². The number of aromatic nitrogens is 4. The Bertz CT molecular complexity index is 982. The van der Waals surface area contributed by atoms with Crippen LogP contribution < -0.4 is 5.32 Å². The minimum absolute atomic E-state index is 0.440. The SMILES string of the molecule is [CH2][C@@H](O)[C@H]1O[C@@H](n2cnc3c(NCc4cccc(I)c4)ncnc32)[C@H](O)[C@@H]1O. The average Bonchev–Trinajstić information content (AvgIpc) is 3.22. The minimum Gasteiger partial charge on any atom is -0.390 e. The number of anilines is 1. The maximum Gasteiger partial charge on any atom is 0.167 e.